The third-order valence-corrected chi connectivity index (χ3v) is 2.77. The molecule has 2 aromatic carbocycles. The van der Waals surface area contributed by atoms with Gasteiger partial charge in [-0.1, -0.05) is 36.4 Å². The van der Waals surface area contributed by atoms with Crippen molar-refractivity contribution < 1.29 is 9.53 Å². The van der Waals surface area contributed by atoms with Crippen LogP contribution in [0.1, 0.15) is 19.4 Å². The number of nitrogens with zero attached hydrogens (tertiary/aromatic N) is 1. The largest absolute Gasteiger partial charge is 0.459 e. The molecule has 0 unspecified atom stereocenters. The molecule has 0 amide bonds. The zero-order valence-electron chi connectivity index (χ0n) is 11.5. The van der Waals surface area contributed by atoms with Crippen LogP contribution in [0, 0.1) is 11.3 Å². The molecule has 0 aliphatic heterocycles. The maximum atomic E-state index is 11.7. The highest BCUT2D eigenvalue weighted by atomic mass is 16.5. The van der Waals surface area contributed by atoms with Gasteiger partial charge in [-0.25, -0.2) is 4.79 Å². The third-order valence-electron chi connectivity index (χ3n) is 2.77. The van der Waals surface area contributed by atoms with Gasteiger partial charge in [0.25, 0.3) is 0 Å². The molecular weight excluding hydrogens is 250 g/mol. The van der Waals surface area contributed by atoms with E-state index in [1.54, 1.807) is 19.9 Å². The Morgan fingerprint density at radius 2 is 1.90 bits per heavy atom. The van der Waals surface area contributed by atoms with E-state index < -0.39 is 5.97 Å². The molecule has 0 aliphatic carbocycles. The van der Waals surface area contributed by atoms with E-state index in [1.807, 2.05) is 48.5 Å². The quantitative estimate of drug-likeness (QED) is 0.483. The van der Waals surface area contributed by atoms with E-state index in [4.69, 9.17) is 10.00 Å². The first-order valence-corrected chi connectivity index (χ1v) is 6.41. The fourth-order valence-electron chi connectivity index (χ4n) is 1.88. The maximum Gasteiger partial charge on any atom is 0.349 e. The molecule has 2 rings (SSSR count). The van der Waals surface area contributed by atoms with E-state index in [1.165, 1.54) is 0 Å². The minimum absolute atomic E-state index is 0.00832. The fourth-order valence-corrected chi connectivity index (χ4v) is 1.88. The molecule has 0 spiro atoms. The molecule has 100 valence electrons. The zero-order chi connectivity index (χ0) is 14.5. The lowest BCUT2D eigenvalue weighted by atomic mass is 10.1. The lowest BCUT2D eigenvalue weighted by Crippen LogP contribution is -2.12. The molecule has 0 saturated heterocycles. The summed E-state index contributed by atoms with van der Waals surface area (Å²) in [6.45, 7) is 3.51. The van der Waals surface area contributed by atoms with Crippen LogP contribution in [0.5, 0.6) is 0 Å². The van der Waals surface area contributed by atoms with Crippen molar-refractivity contribution in [3.63, 3.8) is 0 Å². The fraction of sp³-hybridized carbons (Fsp3) is 0.176. The molecule has 0 heterocycles. The van der Waals surface area contributed by atoms with Crippen LogP contribution in [0.25, 0.3) is 16.8 Å². The predicted molar refractivity (Wildman–Crippen MR) is 78.8 cm³/mol. The normalized spacial score (nSPS) is 11.4. The molecule has 0 bridgehead atoms. The predicted octanol–water partition coefficient (Wildman–Crippen LogP) is 3.70. The summed E-state index contributed by atoms with van der Waals surface area (Å²) in [5.74, 6) is -0.587. The van der Waals surface area contributed by atoms with Crippen LogP contribution in [0.2, 0.25) is 0 Å². The van der Waals surface area contributed by atoms with Crippen molar-refractivity contribution in [3.8, 4) is 6.07 Å². The highest BCUT2D eigenvalue weighted by Crippen LogP contribution is 2.18. The number of nitriles is 1. The van der Waals surface area contributed by atoms with Crippen LogP contribution in [-0.4, -0.2) is 12.1 Å². The Kier molecular flexibility index (Phi) is 4.17. The molecule has 20 heavy (non-hydrogen) atoms. The second-order valence-corrected chi connectivity index (χ2v) is 4.73. The van der Waals surface area contributed by atoms with Gasteiger partial charge in [0.05, 0.1) is 6.10 Å². The summed E-state index contributed by atoms with van der Waals surface area (Å²) in [4.78, 5) is 11.7. The Balaban J connectivity index is 2.35. The minimum Gasteiger partial charge on any atom is -0.459 e. The first-order chi connectivity index (χ1) is 9.60. The van der Waals surface area contributed by atoms with Gasteiger partial charge in [0.1, 0.15) is 11.6 Å². The van der Waals surface area contributed by atoms with Gasteiger partial charge < -0.3 is 4.74 Å². The van der Waals surface area contributed by atoms with E-state index >= 15 is 0 Å². The SMILES string of the molecule is CC(C)OC(=O)/C(C#N)=C\c1ccc2ccccc2c1. The molecule has 3 heteroatoms. The molecule has 0 N–H and O–H groups in total. The summed E-state index contributed by atoms with van der Waals surface area (Å²) >= 11 is 0. The van der Waals surface area contributed by atoms with Crippen molar-refractivity contribution >= 4 is 22.8 Å². The second kappa shape index (κ2) is 6.03. The van der Waals surface area contributed by atoms with E-state index in [2.05, 4.69) is 0 Å². The van der Waals surface area contributed by atoms with Gasteiger partial charge in [-0.15, -0.1) is 0 Å². The minimum atomic E-state index is -0.587. The number of benzene rings is 2. The van der Waals surface area contributed by atoms with Crippen LogP contribution in [-0.2, 0) is 9.53 Å². The van der Waals surface area contributed by atoms with Crippen molar-refractivity contribution in [2.45, 2.75) is 20.0 Å². The Hall–Kier alpha value is -2.60. The topological polar surface area (TPSA) is 50.1 Å². The van der Waals surface area contributed by atoms with Crippen LogP contribution >= 0.6 is 0 Å². The van der Waals surface area contributed by atoms with Crippen molar-refractivity contribution in [1.82, 2.24) is 0 Å². The van der Waals surface area contributed by atoms with Crippen LogP contribution in [0.4, 0.5) is 0 Å². The zero-order valence-corrected chi connectivity index (χ0v) is 11.5. The summed E-state index contributed by atoms with van der Waals surface area (Å²) < 4.78 is 5.03. The molecule has 0 fully saturated rings. The molecule has 0 aromatic heterocycles. The Morgan fingerprint density at radius 3 is 2.55 bits per heavy atom. The number of esters is 1. The summed E-state index contributed by atoms with van der Waals surface area (Å²) in [7, 11) is 0. The number of hydrogen-bond acceptors (Lipinski definition) is 3. The van der Waals surface area contributed by atoms with Crippen molar-refractivity contribution in [2.75, 3.05) is 0 Å². The number of ether oxygens (including phenoxy) is 1. The second-order valence-electron chi connectivity index (χ2n) is 4.73. The summed E-state index contributed by atoms with van der Waals surface area (Å²) in [5, 5.41) is 11.2. The molecule has 3 nitrogen and oxygen atoms in total. The van der Waals surface area contributed by atoms with Crippen LogP contribution in [0.3, 0.4) is 0 Å². The van der Waals surface area contributed by atoms with E-state index in [9.17, 15) is 4.79 Å². The van der Waals surface area contributed by atoms with Crippen molar-refractivity contribution in [2.24, 2.45) is 0 Å². The Labute approximate surface area is 118 Å². The van der Waals surface area contributed by atoms with E-state index in [0.717, 1.165) is 16.3 Å². The first-order valence-electron chi connectivity index (χ1n) is 6.41. The van der Waals surface area contributed by atoms with Gasteiger partial charge in [0.2, 0.25) is 0 Å². The van der Waals surface area contributed by atoms with Crippen LogP contribution in [0.15, 0.2) is 48.0 Å². The highest BCUT2D eigenvalue weighted by molar-refractivity contribution is 5.98. The molecule has 0 radical (unpaired) electrons. The Bertz CT molecular complexity index is 708. The number of rotatable bonds is 3. The Morgan fingerprint density at radius 1 is 1.20 bits per heavy atom. The number of carbonyl (C=O) groups excluding carboxylic acids is 1. The van der Waals surface area contributed by atoms with Gasteiger partial charge in [0.15, 0.2) is 0 Å². The maximum absolute atomic E-state index is 11.7. The molecule has 2 aromatic rings. The van der Waals surface area contributed by atoms with Crippen molar-refractivity contribution in [3.05, 3.63) is 53.6 Å². The van der Waals surface area contributed by atoms with E-state index in [0.29, 0.717) is 0 Å². The molecule has 0 aliphatic rings. The first kappa shape index (κ1) is 13.8. The van der Waals surface area contributed by atoms with Gasteiger partial charge in [-0.05, 0) is 42.3 Å². The third kappa shape index (κ3) is 3.24. The lowest BCUT2D eigenvalue weighted by Gasteiger charge is -2.06. The summed E-state index contributed by atoms with van der Waals surface area (Å²) in [5.41, 5.74) is 0.815. The average Bonchev–Trinajstić information content (AvgIpc) is 2.43. The smallest absolute Gasteiger partial charge is 0.349 e. The van der Waals surface area contributed by atoms with Gasteiger partial charge in [-0.3, -0.25) is 0 Å². The van der Waals surface area contributed by atoms with Gasteiger partial charge in [-0.2, -0.15) is 5.26 Å². The van der Waals surface area contributed by atoms with Gasteiger partial charge >= 0.3 is 5.97 Å². The highest BCUT2D eigenvalue weighted by Gasteiger charge is 2.12. The summed E-state index contributed by atoms with van der Waals surface area (Å²) in [6, 6.07) is 15.6. The van der Waals surface area contributed by atoms with Crippen LogP contribution < -0.4 is 0 Å². The molecule has 0 saturated carbocycles. The van der Waals surface area contributed by atoms with Crippen molar-refractivity contribution in [1.29, 1.82) is 5.26 Å². The number of carbonyl (C=O) groups is 1. The number of fused-ring (bicyclic) bond motifs is 1. The molecular formula is C17H15NO2. The monoisotopic (exact) mass is 265 g/mol. The van der Waals surface area contributed by atoms with Gasteiger partial charge in [0, 0.05) is 0 Å². The lowest BCUT2D eigenvalue weighted by molar-refractivity contribution is -0.142. The standard InChI is InChI=1S/C17H15NO2/c1-12(2)20-17(19)16(11-18)10-13-7-8-14-5-3-4-6-15(14)9-13/h3-10,12H,1-2H3/b16-10-. The molecule has 0 atom stereocenters. The average molecular weight is 265 g/mol. The van der Waals surface area contributed by atoms with E-state index in [-0.39, 0.29) is 11.7 Å². The summed E-state index contributed by atoms with van der Waals surface area (Å²) in [6.07, 6.45) is 1.31. The number of hydrogen-bond donors (Lipinski definition) is 0.